The Hall–Kier alpha value is -2.93. The van der Waals surface area contributed by atoms with Gasteiger partial charge in [-0.25, -0.2) is 0 Å². The molecule has 0 aliphatic carbocycles. The summed E-state index contributed by atoms with van der Waals surface area (Å²) in [6.45, 7) is 4.55. The smallest absolute Gasteiger partial charge is 0.252 e. The van der Waals surface area contributed by atoms with E-state index < -0.39 is 0 Å². The van der Waals surface area contributed by atoms with Crippen LogP contribution in [-0.2, 0) is 4.74 Å². The van der Waals surface area contributed by atoms with Crippen molar-refractivity contribution in [1.82, 2.24) is 20.9 Å². The van der Waals surface area contributed by atoms with Gasteiger partial charge in [-0.15, -0.1) is 0 Å². The van der Waals surface area contributed by atoms with Gasteiger partial charge in [-0.2, -0.15) is 0 Å². The SMILES string of the molecule is CN=C(NCCCOC(C)c1ccccc1)NCCNC(=O)c1cccnc1. The van der Waals surface area contributed by atoms with Crippen LogP contribution in [0.4, 0.5) is 0 Å². The number of benzene rings is 1. The van der Waals surface area contributed by atoms with Crippen LogP contribution in [-0.4, -0.2) is 50.1 Å². The number of pyridine rings is 1. The van der Waals surface area contributed by atoms with Crippen LogP contribution in [0.3, 0.4) is 0 Å². The molecule has 0 aliphatic rings. The zero-order chi connectivity index (χ0) is 20.0. The average molecular weight is 383 g/mol. The second-order valence-corrected chi connectivity index (χ2v) is 6.20. The molecule has 3 N–H and O–H groups in total. The Labute approximate surface area is 166 Å². The number of carbonyl (C=O) groups excluding carboxylic acids is 1. The molecule has 1 aromatic carbocycles. The number of carbonyl (C=O) groups is 1. The van der Waals surface area contributed by atoms with Crippen LogP contribution in [0.5, 0.6) is 0 Å². The second-order valence-electron chi connectivity index (χ2n) is 6.20. The highest BCUT2D eigenvalue weighted by Crippen LogP contribution is 2.15. The Morgan fingerprint density at radius 1 is 1.07 bits per heavy atom. The van der Waals surface area contributed by atoms with Gasteiger partial charge in [0.1, 0.15) is 0 Å². The summed E-state index contributed by atoms with van der Waals surface area (Å²) in [6.07, 6.45) is 4.14. The first-order valence-corrected chi connectivity index (χ1v) is 9.50. The molecule has 28 heavy (non-hydrogen) atoms. The van der Waals surface area contributed by atoms with Gasteiger partial charge in [0, 0.05) is 45.7 Å². The van der Waals surface area contributed by atoms with Crippen molar-refractivity contribution in [3.05, 3.63) is 66.0 Å². The minimum atomic E-state index is -0.137. The summed E-state index contributed by atoms with van der Waals surface area (Å²) in [5.74, 6) is 0.564. The third-order valence-corrected chi connectivity index (χ3v) is 4.10. The fourth-order valence-electron chi connectivity index (χ4n) is 2.54. The Kier molecular flexibility index (Phi) is 9.51. The molecule has 1 heterocycles. The van der Waals surface area contributed by atoms with E-state index in [0.717, 1.165) is 13.0 Å². The predicted octanol–water partition coefficient (Wildman–Crippen LogP) is 2.14. The van der Waals surface area contributed by atoms with E-state index in [0.29, 0.717) is 31.2 Å². The van der Waals surface area contributed by atoms with Crippen LogP contribution in [0.25, 0.3) is 0 Å². The molecule has 150 valence electrons. The Morgan fingerprint density at radius 3 is 2.54 bits per heavy atom. The molecule has 1 unspecified atom stereocenters. The second kappa shape index (κ2) is 12.5. The van der Waals surface area contributed by atoms with Crippen LogP contribution < -0.4 is 16.0 Å². The summed E-state index contributed by atoms with van der Waals surface area (Å²) in [5, 5.41) is 9.25. The van der Waals surface area contributed by atoms with Gasteiger partial charge in [0.05, 0.1) is 11.7 Å². The molecule has 7 heteroatoms. The van der Waals surface area contributed by atoms with Crippen molar-refractivity contribution in [2.24, 2.45) is 4.99 Å². The number of ether oxygens (including phenoxy) is 1. The van der Waals surface area contributed by atoms with Crippen molar-refractivity contribution in [2.45, 2.75) is 19.4 Å². The first-order chi connectivity index (χ1) is 13.7. The molecule has 0 spiro atoms. The van der Waals surface area contributed by atoms with Gasteiger partial charge in [-0.05, 0) is 31.0 Å². The fraction of sp³-hybridized carbons (Fsp3) is 0.381. The van der Waals surface area contributed by atoms with Gasteiger partial charge in [-0.3, -0.25) is 14.8 Å². The quantitative estimate of drug-likeness (QED) is 0.332. The van der Waals surface area contributed by atoms with E-state index in [1.807, 2.05) is 18.2 Å². The van der Waals surface area contributed by atoms with E-state index in [9.17, 15) is 4.79 Å². The third-order valence-electron chi connectivity index (χ3n) is 4.10. The maximum absolute atomic E-state index is 11.9. The molecular formula is C21H29N5O2. The maximum atomic E-state index is 11.9. The fourth-order valence-corrected chi connectivity index (χ4v) is 2.54. The molecule has 2 aromatic rings. The molecule has 0 saturated carbocycles. The predicted molar refractivity (Wildman–Crippen MR) is 111 cm³/mol. The molecular weight excluding hydrogens is 354 g/mol. The normalized spacial score (nSPS) is 12.3. The van der Waals surface area contributed by atoms with Gasteiger partial charge in [0.2, 0.25) is 0 Å². The molecule has 7 nitrogen and oxygen atoms in total. The largest absolute Gasteiger partial charge is 0.374 e. The first kappa shape index (κ1) is 21.4. The summed E-state index contributed by atoms with van der Waals surface area (Å²) < 4.78 is 5.86. The molecule has 1 atom stereocenters. The van der Waals surface area contributed by atoms with Gasteiger partial charge in [0.25, 0.3) is 5.91 Å². The minimum Gasteiger partial charge on any atom is -0.374 e. The summed E-state index contributed by atoms with van der Waals surface area (Å²) in [7, 11) is 1.72. The Bertz CT molecular complexity index is 722. The number of guanidine groups is 1. The Morgan fingerprint density at radius 2 is 1.82 bits per heavy atom. The van der Waals surface area contributed by atoms with Crippen LogP contribution >= 0.6 is 0 Å². The number of nitrogens with zero attached hydrogens (tertiary/aromatic N) is 2. The number of aromatic nitrogens is 1. The van der Waals surface area contributed by atoms with Crippen molar-refractivity contribution in [2.75, 3.05) is 33.3 Å². The number of nitrogens with one attached hydrogen (secondary N) is 3. The van der Waals surface area contributed by atoms with E-state index in [4.69, 9.17) is 4.74 Å². The first-order valence-electron chi connectivity index (χ1n) is 9.50. The highest BCUT2D eigenvalue weighted by atomic mass is 16.5. The molecule has 1 amide bonds. The van der Waals surface area contributed by atoms with Crippen molar-refractivity contribution in [3.8, 4) is 0 Å². The highest BCUT2D eigenvalue weighted by Gasteiger charge is 2.05. The Balaban J connectivity index is 1.54. The number of hydrogen-bond donors (Lipinski definition) is 3. The van der Waals surface area contributed by atoms with E-state index in [1.165, 1.54) is 5.56 Å². The molecule has 0 radical (unpaired) electrons. The van der Waals surface area contributed by atoms with Crippen LogP contribution in [0.2, 0.25) is 0 Å². The zero-order valence-electron chi connectivity index (χ0n) is 16.5. The van der Waals surface area contributed by atoms with Crippen molar-refractivity contribution in [1.29, 1.82) is 0 Å². The zero-order valence-corrected chi connectivity index (χ0v) is 16.5. The number of hydrogen-bond acceptors (Lipinski definition) is 4. The van der Waals surface area contributed by atoms with E-state index in [1.54, 1.807) is 31.6 Å². The van der Waals surface area contributed by atoms with Gasteiger partial charge >= 0.3 is 0 Å². The molecule has 2 rings (SSSR count). The lowest BCUT2D eigenvalue weighted by atomic mass is 10.1. The number of amides is 1. The van der Waals surface area contributed by atoms with Gasteiger partial charge < -0.3 is 20.7 Å². The average Bonchev–Trinajstić information content (AvgIpc) is 2.75. The highest BCUT2D eigenvalue weighted by molar-refractivity contribution is 5.93. The minimum absolute atomic E-state index is 0.0852. The van der Waals surface area contributed by atoms with Gasteiger partial charge in [-0.1, -0.05) is 30.3 Å². The van der Waals surface area contributed by atoms with E-state index in [-0.39, 0.29) is 12.0 Å². The lowest BCUT2D eigenvalue weighted by Crippen LogP contribution is -2.42. The molecule has 0 fully saturated rings. The van der Waals surface area contributed by atoms with Gasteiger partial charge in [0.15, 0.2) is 5.96 Å². The van der Waals surface area contributed by atoms with Crippen molar-refractivity contribution >= 4 is 11.9 Å². The molecule has 0 aliphatic heterocycles. The van der Waals surface area contributed by atoms with Crippen molar-refractivity contribution < 1.29 is 9.53 Å². The third kappa shape index (κ3) is 7.75. The van der Waals surface area contributed by atoms with Crippen LogP contribution in [0.15, 0.2) is 59.9 Å². The maximum Gasteiger partial charge on any atom is 0.252 e. The molecule has 0 saturated heterocycles. The summed E-state index contributed by atoms with van der Waals surface area (Å²) >= 11 is 0. The molecule has 0 bridgehead atoms. The molecule has 1 aromatic heterocycles. The lowest BCUT2D eigenvalue weighted by Gasteiger charge is -2.15. The van der Waals surface area contributed by atoms with Crippen LogP contribution in [0, 0.1) is 0 Å². The summed E-state index contributed by atoms with van der Waals surface area (Å²) in [4.78, 5) is 20.0. The summed E-state index contributed by atoms with van der Waals surface area (Å²) in [5.41, 5.74) is 1.73. The van der Waals surface area contributed by atoms with Crippen molar-refractivity contribution in [3.63, 3.8) is 0 Å². The van der Waals surface area contributed by atoms with Crippen LogP contribution in [0.1, 0.15) is 35.4 Å². The van der Waals surface area contributed by atoms with E-state index >= 15 is 0 Å². The monoisotopic (exact) mass is 383 g/mol. The topological polar surface area (TPSA) is 87.6 Å². The number of aliphatic imine (C=N–C) groups is 1. The lowest BCUT2D eigenvalue weighted by molar-refractivity contribution is 0.0646. The summed E-state index contributed by atoms with van der Waals surface area (Å²) in [6, 6.07) is 13.7. The van der Waals surface area contributed by atoms with E-state index in [2.05, 4.69) is 45.0 Å². The number of rotatable bonds is 10. The standard InChI is InChI=1S/C21H29N5O2/c1-17(18-8-4-3-5-9-18)28-15-7-12-25-21(22-2)26-14-13-24-20(27)19-10-6-11-23-16-19/h3-6,8-11,16-17H,7,12-15H2,1-2H3,(H,24,27)(H2,22,25,26).